The van der Waals surface area contributed by atoms with E-state index in [-0.39, 0.29) is 5.78 Å². The Bertz CT molecular complexity index is 316. The van der Waals surface area contributed by atoms with E-state index in [1.54, 1.807) is 25.3 Å². The molecule has 76 valence electrons. The summed E-state index contributed by atoms with van der Waals surface area (Å²) in [7, 11) is 0. The monoisotopic (exact) mass is 212 g/mol. The normalized spacial score (nSPS) is 12.1. The highest BCUT2D eigenvalue weighted by Gasteiger charge is 2.23. The van der Waals surface area contributed by atoms with E-state index in [0.29, 0.717) is 12.2 Å². The van der Waals surface area contributed by atoms with Crippen LogP contribution in [-0.4, -0.2) is 18.4 Å². The van der Waals surface area contributed by atoms with Crippen molar-refractivity contribution in [3.63, 3.8) is 0 Å². The van der Waals surface area contributed by atoms with Gasteiger partial charge in [-0.1, -0.05) is 0 Å². The molecule has 0 saturated carbocycles. The average Bonchev–Trinajstić information content (AvgIpc) is 2.68. The number of carbonyl (C=O) groups is 2. The molecular formula is C10H12O3S. The lowest BCUT2D eigenvalue weighted by Crippen LogP contribution is -2.23. The number of ketones is 1. The van der Waals surface area contributed by atoms with Gasteiger partial charge in [0.05, 0.1) is 6.61 Å². The minimum absolute atomic E-state index is 0.176. The molecule has 1 rings (SSSR count). The Labute approximate surface area is 86.7 Å². The zero-order valence-corrected chi connectivity index (χ0v) is 8.97. The fourth-order valence-electron chi connectivity index (χ4n) is 1.03. The second-order valence-corrected chi connectivity index (χ2v) is 3.63. The third kappa shape index (κ3) is 2.42. The van der Waals surface area contributed by atoms with E-state index >= 15 is 0 Å². The van der Waals surface area contributed by atoms with Crippen LogP contribution in [-0.2, 0) is 9.53 Å². The molecule has 1 atom stereocenters. The summed E-state index contributed by atoms with van der Waals surface area (Å²) in [6.07, 6.45) is 0. The highest BCUT2D eigenvalue weighted by molar-refractivity contribution is 7.08. The molecule has 0 bridgehead atoms. The van der Waals surface area contributed by atoms with Crippen LogP contribution in [0.2, 0.25) is 0 Å². The number of ether oxygens (including phenoxy) is 1. The van der Waals surface area contributed by atoms with Crippen molar-refractivity contribution in [2.75, 3.05) is 6.61 Å². The van der Waals surface area contributed by atoms with Crippen molar-refractivity contribution in [2.45, 2.75) is 13.8 Å². The standard InChI is InChI=1S/C10H12O3S/c1-3-13-10(12)7(2)9(11)8-4-5-14-6-8/h4-7H,3H2,1-2H3. The first kappa shape index (κ1) is 10.9. The molecule has 14 heavy (non-hydrogen) atoms. The number of carbonyl (C=O) groups excluding carboxylic acids is 2. The fourth-order valence-corrected chi connectivity index (χ4v) is 1.67. The van der Waals surface area contributed by atoms with Crippen LogP contribution in [0, 0.1) is 5.92 Å². The lowest BCUT2D eigenvalue weighted by Gasteiger charge is -2.07. The van der Waals surface area contributed by atoms with Gasteiger partial charge in [0.1, 0.15) is 5.92 Å². The molecule has 0 aliphatic rings. The minimum Gasteiger partial charge on any atom is -0.465 e. The third-order valence-electron chi connectivity index (χ3n) is 1.84. The first-order valence-electron chi connectivity index (χ1n) is 4.39. The molecule has 0 spiro atoms. The average molecular weight is 212 g/mol. The van der Waals surface area contributed by atoms with Crippen LogP contribution in [0.3, 0.4) is 0 Å². The largest absolute Gasteiger partial charge is 0.465 e. The predicted molar refractivity (Wildman–Crippen MR) is 54.4 cm³/mol. The number of esters is 1. The Kier molecular flexibility index (Phi) is 3.83. The molecule has 0 aliphatic carbocycles. The summed E-state index contributed by atoms with van der Waals surface area (Å²) in [6, 6.07) is 1.71. The molecular weight excluding hydrogens is 200 g/mol. The molecule has 1 heterocycles. The van der Waals surface area contributed by atoms with E-state index in [9.17, 15) is 9.59 Å². The lowest BCUT2D eigenvalue weighted by molar-refractivity contribution is -0.145. The summed E-state index contributed by atoms with van der Waals surface area (Å²) in [5.41, 5.74) is 0.579. The maximum atomic E-state index is 11.6. The summed E-state index contributed by atoms with van der Waals surface area (Å²) in [5.74, 6) is -1.34. The van der Waals surface area contributed by atoms with Crippen molar-refractivity contribution in [2.24, 2.45) is 5.92 Å². The van der Waals surface area contributed by atoms with Crippen molar-refractivity contribution in [3.8, 4) is 0 Å². The Morgan fingerprint density at radius 3 is 2.79 bits per heavy atom. The van der Waals surface area contributed by atoms with Crippen LogP contribution in [0.15, 0.2) is 16.8 Å². The van der Waals surface area contributed by atoms with Gasteiger partial charge in [0.25, 0.3) is 0 Å². The van der Waals surface area contributed by atoms with Gasteiger partial charge in [0, 0.05) is 10.9 Å². The van der Waals surface area contributed by atoms with Crippen molar-refractivity contribution >= 4 is 23.1 Å². The van der Waals surface area contributed by atoms with E-state index in [4.69, 9.17) is 4.74 Å². The SMILES string of the molecule is CCOC(=O)C(C)C(=O)c1ccsc1. The Balaban J connectivity index is 2.66. The minimum atomic E-state index is -0.704. The van der Waals surface area contributed by atoms with Crippen LogP contribution in [0.4, 0.5) is 0 Å². The summed E-state index contributed by atoms with van der Waals surface area (Å²) in [6.45, 7) is 3.60. The number of hydrogen-bond acceptors (Lipinski definition) is 4. The van der Waals surface area contributed by atoms with Crippen molar-refractivity contribution in [1.29, 1.82) is 0 Å². The van der Waals surface area contributed by atoms with Gasteiger partial charge in [-0.2, -0.15) is 11.3 Å². The second-order valence-electron chi connectivity index (χ2n) is 2.85. The summed E-state index contributed by atoms with van der Waals surface area (Å²) in [4.78, 5) is 22.9. The molecule has 1 aromatic heterocycles. The quantitative estimate of drug-likeness (QED) is 0.436. The molecule has 0 radical (unpaired) electrons. The first-order valence-corrected chi connectivity index (χ1v) is 5.34. The predicted octanol–water partition coefficient (Wildman–Crippen LogP) is 2.13. The topological polar surface area (TPSA) is 43.4 Å². The van der Waals surface area contributed by atoms with Crippen LogP contribution in [0.25, 0.3) is 0 Å². The van der Waals surface area contributed by atoms with Gasteiger partial charge in [-0.15, -0.1) is 0 Å². The van der Waals surface area contributed by atoms with Crippen LogP contribution >= 0.6 is 11.3 Å². The summed E-state index contributed by atoms with van der Waals surface area (Å²) >= 11 is 1.44. The van der Waals surface area contributed by atoms with Gasteiger partial charge >= 0.3 is 5.97 Å². The molecule has 0 fully saturated rings. The smallest absolute Gasteiger partial charge is 0.316 e. The van der Waals surface area contributed by atoms with Crippen LogP contribution < -0.4 is 0 Å². The highest BCUT2D eigenvalue weighted by atomic mass is 32.1. The van der Waals surface area contributed by atoms with E-state index < -0.39 is 11.9 Å². The second kappa shape index (κ2) is 4.91. The molecule has 1 aromatic rings. The third-order valence-corrected chi connectivity index (χ3v) is 2.52. The van der Waals surface area contributed by atoms with Gasteiger partial charge in [0.15, 0.2) is 5.78 Å². The van der Waals surface area contributed by atoms with E-state index in [0.717, 1.165) is 0 Å². The fraction of sp³-hybridized carbons (Fsp3) is 0.400. The molecule has 4 heteroatoms. The van der Waals surface area contributed by atoms with Crippen molar-refractivity contribution < 1.29 is 14.3 Å². The number of hydrogen-bond donors (Lipinski definition) is 0. The van der Waals surface area contributed by atoms with E-state index in [1.165, 1.54) is 11.3 Å². The lowest BCUT2D eigenvalue weighted by atomic mass is 10.0. The molecule has 0 N–H and O–H groups in total. The van der Waals surface area contributed by atoms with Gasteiger partial charge < -0.3 is 4.74 Å². The maximum absolute atomic E-state index is 11.6. The van der Waals surface area contributed by atoms with E-state index in [2.05, 4.69) is 0 Å². The number of Topliss-reactive ketones (excluding diaryl/α,β-unsaturated/α-hetero) is 1. The Morgan fingerprint density at radius 1 is 1.57 bits per heavy atom. The number of rotatable bonds is 4. The zero-order chi connectivity index (χ0) is 10.6. The highest BCUT2D eigenvalue weighted by Crippen LogP contribution is 2.13. The molecule has 0 aromatic carbocycles. The van der Waals surface area contributed by atoms with Crippen molar-refractivity contribution in [3.05, 3.63) is 22.4 Å². The van der Waals surface area contributed by atoms with Gasteiger partial charge in [-0.3, -0.25) is 9.59 Å². The van der Waals surface area contributed by atoms with Gasteiger partial charge in [0.2, 0.25) is 0 Å². The van der Waals surface area contributed by atoms with Crippen LogP contribution in [0.5, 0.6) is 0 Å². The molecule has 0 aliphatic heterocycles. The summed E-state index contributed by atoms with van der Waals surface area (Å²) < 4.78 is 4.77. The molecule has 3 nitrogen and oxygen atoms in total. The first-order chi connectivity index (χ1) is 6.66. The summed E-state index contributed by atoms with van der Waals surface area (Å²) in [5, 5.41) is 3.54. The van der Waals surface area contributed by atoms with Gasteiger partial charge in [-0.05, 0) is 25.3 Å². The molecule has 1 unspecified atom stereocenters. The Morgan fingerprint density at radius 2 is 2.29 bits per heavy atom. The maximum Gasteiger partial charge on any atom is 0.316 e. The molecule has 0 amide bonds. The van der Waals surface area contributed by atoms with Crippen molar-refractivity contribution in [1.82, 2.24) is 0 Å². The zero-order valence-electron chi connectivity index (χ0n) is 8.15. The Hall–Kier alpha value is -1.16. The van der Waals surface area contributed by atoms with Crippen LogP contribution in [0.1, 0.15) is 24.2 Å². The van der Waals surface area contributed by atoms with E-state index in [1.807, 2.05) is 5.38 Å². The molecule has 0 saturated heterocycles. The number of thiophene rings is 1. The van der Waals surface area contributed by atoms with Gasteiger partial charge in [-0.25, -0.2) is 0 Å².